The molecule has 1 amide bonds. The van der Waals surface area contributed by atoms with Crippen molar-refractivity contribution < 1.29 is 27.5 Å². The van der Waals surface area contributed by atoms with Crippen LogP contribution in [0.5, 0.6) is 5.75 Å². The molecule has 2 aromatic carbocycles. The van der Waals surface area contributed by atoms with E-state index in [9.17, 15) is 22.8 Å². The number of ether oxygens (including phenoxy) is 1. The maximum atomic E-state index is 12.6. The quantitative estimate of drug-likeness (QED) is 0.448. The fraction of sp³-hybridized carbons (Fsp3) is 0.118. The zero-order valence-corrected chi connectivity index (χ0v) is 14.7. The average molecular weight is 429 g/mol. The molecule has 0 atom stereocenters. The van der Waals surface area contributed by atoms with Gasteiger partial charge >= 0.3 is 6.18 Å². The summed E-state index contributed by atoms with van der Waals surface area (Å²) in [5.74, 6) is -0.871. The number of carbonyl (C=O) groups excluding carboxylic acids is 2. The number of halogens is 4. The van der Waals surface area contributed by atoms with Crippen molar-refractivity contribution in [1.29, 1.82) is 0 Å². The molecule has 0 heterocycles. The summed E-state index contributed by atoms with van der Waals surface area (Å²) >= 11 is 3.21. The number of hydrogen-bond donors (Lipinski definition) is 1. The Morgan fingerprint density at radius 3 is 2.42 bits per heavy atom. The zero-order valence-electron chi connectivity index (χ0n) is 13.1. The molecule has 0 aliphatic rings. The average Bonchev–Trinajstić information content (AvgIpc) is 2.59. The summed E-state index contributed by atoms with van der Waals surface area (Å²) in [5.41, 5.74) is 5.10. The molecule has 0 aromatic heterocycles. The highest BCUT2D eigenvalue weighted by Crippen LogP contribution is 2.29. The molecule has 0 saturated carbocycles. The summed E-state index contributed by atoms with van der Waals surface area (Å²) in [7, 11) is 0. The van der Waals surface area contributed by atoms with Crippen LogP contribution >= 0.6 is 15.9 Å². The Morgan fingerprint density at radius 1 is 1.19 bits per heavy atom. The van der Waals surface area contributed by atoms with E-state index in [-0.39, 0.29) is 29.3 Å². The third-order valence-corrected chi connectivity index (χ3v) is 3.70. The van der Waals surface area contributed by atoms with Crippen molar-refractivity contribution in [2.24, 2.45) is 10.7 Å². The van der Waals surface area contributed by atoms with Crippen LogP contribution in [0.1, 0.15) is 21.5 Å². The number of nitrogens with two attached hydrogens (primary N) is 1. The van der Waals surface area contributed by atoms with E-state index in [4.69, 9.17) is 10.5 Å². The Labute approximate surface area is 154 Å². The number of benzene rings is 2. The smallest absolute Gasteiger partial charge is 0.416 e. The normalized spacial score (nSPS) is 11.9. The van der Waals surface area contributed by atoms with Crippen molar-refractivity contribution in [3.8, 4) is 5.75 Å². The molecule has 9 heteroatoms. The first-order valence-corrected chi connectivity index (χ1v) is 7.94. The van der Waals surface area contributed by atoms with Gasteiger partial charge in [-0.1, -0.05) is 28.1 Å². The van der Waals surface area contributed by atoms with Gasteiger partial charge in [0.1, 0.15) is 18.2 Å². The highest BCUT2D eigenvalue weighted by atomic mass is 79.9. The van der Waals surface area contributed by atoms with E-state index >= 15 is 0 Å². The second-order valence-corrected chi connectivity index (χ2v) is 5.91. The Bertz CT molecular complexity index is 849. The van der Waals surface area contributed by atoms with Gasteiger partial charge < -0.3 is 10.5 Å². The Hall–Kier alpha value is -2.68. The Morgan fingerprint density at radius 2 is 1.85 bits per heavy atom. The SMILES string of the molecule is NC(=NC(=O)c1cc(Br)ccc1OCC=O)c1ccc(C(F)(F)F)cc1. The summed E-state index contributed by atoms with van der Waals surface area (Å²) in [6, 6.07) is 8.47. The van der Waals surface area contributed by atoms with E-state index in [1.807, 2.05) is 0 Å². The lowest BCUT2D eigenvalue weighted by atomic mass is 10.1. The van der Waals surface area contributed by atoms with Crippen molar-refractivity contribution >= 4 is 34.0 Å². The van der Waals surface area contributed by atoms with Crippen molar-refractivity contribution in [3.05, 3.63) is 63.6 Å². The van der Waals surface area contributed by atoms with Gasteiger partial charge in [-0.25, -0.2) is 0 Å². The molecule has 0 spiro atoms. The first-order chi connectivity index (χ1) is 12.2. The van der Waals surface area contributed by atoms with Gasteiger partial charge in [0.25, 0.3) is 5.91 Å². The molecule has 2 N–H and O–H groups in total. The lowest BCUT2D eigenvalue weighted by Gasteiger charge is -2.09. The molecule has 0 radical (unpaired) electrons. The number of aldehydes is 1. The van der Waals surface area contributed by atoms with Crippen LogP contribution < -0.4 is 10.5 Å². The summed E-state index contributed by atoms with van der Waals surface area (Å²) in [6.45, 7) is -0.250. The molecule has 0 unspecified atom stereocenters. The molecule has 0 fully saturated rings. The Balaban J connectivity index is 2.30. The van der Waals surface area contributed by atoms with Gasteiger partial charge in [-0.05, 0) is 30.3 Å². The van der Waals surface area contributed by atoms with Gasteiger partial charge in [0.05, 0.1) is 11.1 Å². The zero-order chi connectivity index (χ0) is 19.3. The first-order valence-electron chi connectivity index (χ1n) is 7.14. The van der Waals surface area contributed by atoms with E-state index in [0.29, 0.717) is 10.8 Å². The number of carbonyl (C=O) groups is 2. The monoisotopic (exact) mass is 428 g/mol. The molecular formula is C17H12BrF3N2O3. The molecular weight excluding hydrogens is 417 g/mol. The molecule has 0 bridgehead atoms. The van der Waals surface area contributed by atoms with Gasteiger partial charge in [0.2, 0.25) is 0 Å². The summed E-state index contributed by atoms with van der Waals surface area (Å²) in [6.07, 6.45) is -3.95. The molecule has 0 saturated heterocycles. The lowest BCUT2D eigenvalue weighted by molar-refractivity contribution is -0.137. The highest BCUT2D eigenvalue weighted by Gasteiger charge is 2.30. The van der Waals surface area contributed by atoms with Crippen molar-refractivity contribution in [3.63, 3.8) is 0 Å². The number of amidine groups is 1. The van der Waals surface area contributed by atoms with Crippen LogP contribution in [0.2, 0.25) is 0 Å². The number of rotatable bonds is 5. The predicted octanol–water partition coefficient (Wildman–Crippen LogP) is 3.59. The van der Waals surface area contributed by atoms with Gasteiger partial charge in [0, 0.05) is 10.0 Å². The van der Waals surface area contributed by atoms with Crippen LogP contribution in [0.25, 0.3) is 0 Å². The third-order valence-electron chi connectivity index (χ3n) is 3.21. The van der Waals surface area contributed by atoms with Crippen LogP contribution in [0.3, 0.4) is 0 Å². The van der Waals surface area contributed by atoms with Crippen LogP contribution in [-0.4, -0.2) is 24.6 Å². The van der Waals surface area contributed by atoms with Crippen molar-refractivity contribution in [1.82, 2.24) is 0 Å². The highest BCUT2D eigenvalue weighted by molar-refractivity contribution is 9.10. The number of hydrogen-bond acceptors (Lipinski definition) is 3. The molecule has 2 rings (SSSR count). The lowest BCUT2D eigenvalue weighted by Crippen LogP contribution is -2.17. The molecule has 26 heavy (non-hydrogen) atoms. The Kier molecular flexibility index (Phi) is 6.14. The van der Waals surface area contributed by atoms with Gasteiger partial charge in [-0.15, -0.1) is 0 Å². The van der Waals surface area contributed by atoms with Crippen LogP contribution in [0, 0.1) is 0 Å². The maximum Gasteiger partial charge on any atom is 0.416 e. The first kappa shape index (κ1) is 19.6. The minimum absolute atomic E-state index is 0.0519. The van der Waals surface area contributed by atoms with Crippen LogP contribution in [-0.2, 0) is 11.0 Å². The minimum Gasteiger partial charge on any atom is -0.485 e. The topological polar surface area (TPSA) is 81.8 Å². The number of amides is 1. The van der Waals surface area contributed by atoms with Crippen LogP contribution in [0.4, 0.5) is 13.2 Å². The van der Waals surface area contributed by atoms with Gasteiger partial charge in [-0.2, -0.15) is 18.2 Å². The second kappa shape index (κ2) is 8.13. The van der Waals surface area contributed by atoms with Gasteiger partial charge in [0.15, 0.2) is 6.29 Å². The number of nitrogens with zero attached hydrogens (tertiary/aromatic N) is 1. The van der Waals surface area contributed by atoms with E-state index in [1.54, 1.807) is 6.07 Å². The second-order valence-electron chi connectivity index (χ2n) is 5.00. The molecule has 136 valence electrons. The molecule has 5 nitrogen and oxygen atoms in total. The van der Waals surface area contributed by atoms with Crippen molar-refractivity contribution in [2.45, 2.75) is 6.18 Å². The standard InChI is InChI=1S/C17H12BrF3N2O3/c18-12-5-6-14(26-8-7-24)13(9-12)16(25)23-15(22)10-1-3-11(4-2-10)17(19,20)21/h1-7,9H,8H2,(H2,22,23,25). The van der Waals surface area contributed by atoms with Crippen LogP contribution in [0.15, 0.2) is 51.9 Å². The fourth-order valence-electron chi connectivity index (χ4n) is 1.98. The predicted molar refractivity (Wildman–Crippen MR) is 92.2 cm³/mol. The summed E-state index contributed by atoms with van der Waals surface area (Å²) in [4.78, 5) is 26.5. The minimum atomic E-state index is -4.47. The summed E-state index contributed by atoms with van der Waals surface area (Å²) in [5, 5.41) is 0. The molecule has 0 aliphatic carbocycles. The number of aliphatic imine (C=N–C) groups is 1. The third kappa shape index (κ3) is 4.92. The van der Waals surface area contributed by atoms with Crippen molar-refractivity contribution in [2.75, 3.05) is 6.61 Å². The van der Waals surface area contributed by atoms with Gasteiger partial charge in [-0.3, -0.25) is 9.59 Å². The molecule has 0 aliphatic heterocycles. The summed E-state index contributed by atoms with van der Waals surface area (Å²) < 4.78 is 43.5. The van der Waals surface area contributed by atoms with E-state index in [0.717, 1.165) is 24.3 Å². The fourth-order valence-corrected chi connectivity index (χ4v) is 2.34. The molecule has 2 aromatic rings. The number of alkyl halides is 3. The maximum absolute atomic E-state index is 12.6. The van der Waals surface area contributed by atoms with E-state index in [1.165, 1.54) is 12.1 Å². The van der Waals surface area contributed by atoms with E-state index < -0.39 is 17.6 Å². The van der Waals surface area contributed by atoms with E-state index in [2.05, 4.69) is 20.9 Å². The largest absolute Gasteiger partial charge is 0.485 e.